The van der Waals surface area contributed by atoms with Crippen LogP contribution in [0, 0.1) is 3.57 Å². The van der Waals surface area contributed by atoms with E-state index >= 15 is 0 Å². The second-order valence-corrected chi connectivity index (χ2v) is 3.25. The lowest BCUT2D eigenvalue weighted by Gasteiger charge is -2.09. The summed E-state index contributed by atoms with van der Waals surface area (Å²) >= 11 is 1.56. The van der Waals surface area contributed by atoms with Crippen LogP contribution in [0.2, 0.25) is 0 Å². The largest absolute Gasteiger partial charge is 0.496 e. The van der Waals surface area contributed by atoms with Crippen molar-refractivity contribution in [1.82, 2.24) is 4.98 Å². The summed E-state index contributed by atoms with van der Waals surface area (Å²) in [6.45, 7) is 0. The van der Waals surface area contributed by atoms with Gasteiger partial charge in [0.25, 0.3) is 0 Å². The van der Waals surface area contributed by atoms with Crippen molar-refractivity contribution in [2.45, 2.75) is 6.18 Å². The van der Waals surface area contributed by atoms with Crippen LogP contribution in [0.1, 0.15) is 5.69 Å². The number of methoxy groups -OCH3 is 1. The van der Waals surface area contributed by atoms with E-state index in [1.807, 2.05) is 0 Å². The van der Waals surface area contributed by atoms with E-state index in [1.54, 1.807) is 22.6 Å². The van der Waals surface area contributed by atoms with Gasteiger partial charge < -0.3 is 4.74 Å². The first-order valence-corrected chi connectivity index (χ1v) is 4.30. The van der Waals surface area contributed by atoms with Gasteiger partial charge in [-0.05, 0) is 28.7 Å². The van der Waals surface area contributed by atoms with Gasteiger partial charge in [-0.3, -0.25) is 4.98 Å². The summed E-state index contributed by atoms with van der Waals surface area (Å²) in [7, 11) is 1.32. The van der Waals surface area contributed by atoms with Gasteiger partial charge in [0, 0.05) is 6.20 Å². The average molecular weight is 303 g/mol. The van der Waals surface area contributed by atoms with E-state index in [-0.39, 0.29) is 9.32 Å². The molecular formula is C7H5F3INO. The van der Waals surface area contributed by atoms with Crippen LogP contribution in [0.3, 0.4) is 0 Å². The van der Waals surface area contributed by atoms with E-state index in [2.05, 4.69) is 4.98 Å². The zero-order valence-electron chi connectivity index (χ0n) is 6.52. The molecule has 0 spiro atoms. The number of hydrogen-bond donors (Lipinski definition) is 0. The second-order valence-electron chi connectivity index (χ2n) is 2.17. The van der Waals surface area contributed by atoms with Gasteiger partial charge in [0.15, 0.2) is 5.69 Å². The van der Waals surface area contributed by atoms with E-state index in [0.717, 1.165) is 6.20 Å². The Hall–Kier alpha value is -0.530. The summed E-state index contributed by atoms with van der Waals surface area (Å²) in [6, 6.07) is 1.39. The highest BCUT2D eigenvalue weighted by Gasteiger charge is 2.35. The summed E-state index contributed by atoms with van der Waals surface area (Å²) in [5.74, 6) is 0.183. The van der Waals surface area contributed by atoms with Crippen LogP contribution in [-0.2, 0) is 6.18 Å². The molecule has 0 bridgehead atoms. The Morgan fingerprint density at radius 1 is 1.46 bits per heavy atom. The van der Waals surface area contributed by atoms with Gasteiger partial charge in [-0.1, -0.05) is 0 Å². The van der Waals surface area contributed by atoms with Gasteiger partial charge in [-0.15, -0.1) is 0 Å². The van der Waals surface area contributed by atoms with Crippen molar-refractivity contribution in [1.29, 1.82) is 0 Å². The zero-order chi connectivity index (χ0) is 10.1. The van der Waals surface area contributed by atoms with Crippen LogP contribution >= 0.6 is 22.6 Å². The molecule has 72 valence electrons. The van der Waals surface area contributed by atoms with Crippen molar-refractivity contribution in [3.05, 3.63) is 21.5 Å². The standard InChI is InChI=1S/C7H5F3INO/c1-13-4-2-3-12-6(5(4)11)7(8,9)10/h2-3H,1H3. The van der Waals surface area contributed by atoms with E-state index in [9.17, 15) is 13.2 Å². The molecule has 0 N–H and O–H groups in total. The van der Waals surface area contributed by atoms with E-state index in [0.29, 0.717) is 0 Å². The fraction of sp³-hybridized carbons (Fsp3) is 0.286. The Bertz CT molecular complexity index is 313. The molecule has 0 atom stereocenters. The fourth-order valence-electron chi connectivity index (χ4n) is 0.781. The topological polar surface area (TPSA) is 22.1 Å². The molecule has 13 heavy (non-hydrogen) atoms. The van der Waals surface area contributed by atoms with Crippen molar-refractivity contribution in [2.24, 2.45) is 0 Å². The first-order valence-electron chi connectivity index (χ1n) is 3.22. The lowest BCUT2D eigenvalue weighted by Crippen LogP contribution is -2.10. The molecule has 0 amide bonds. The monoisotopic (exact) mass is 303 g/mol. The van der Waals surface area contributed by atoms with Gasteiger partial charge in [0.1, 0.15) is 5.75 Å². The molecule has 0 aliphatic carbocycles. The van der Waals surface area contributed by atoms with Gasteiger partial charge in [0.2, 0.25) is 0 Å². The highest BCUT2D eigenvalue weighted by molar-refractivity contribution is 14.1. The highest BCUT2D eigenvalue weighted by Crippen LogP contribution is 2.34. The molecule has 0 aliphatic heterocycles. The Morgan fingerprint density at radius 3 is 2.54 bits per heavy atom. The van der Waals surface area contributed by atoms with Gasteiger partial charge in [-0.2, -0.15) is 13.2 Å². The van der Waals surface area contributed by atoms with Crippen LogP contribution in [0.4, 0.5) is 13.2 Å². The van der Waals surface area contributed by atoms with E-state index in [4.69, 9.17) is 4.74 Å². The Kier molecular flexibility index (Phi) is 2.99. The van der Waals surface area contributed by atoms with Crippen molar-refractivity contribution in [3.63, 3.8) is 0 Å². The molecule has 0 fully saturated rings. The Morgan fingerprint density at radius 2 is 2.08 bits per heavy atom. The van der Waals surface area contributed by atoms with Crippen molar-refractivity contribution in [3.8, 4) is 5.75 Å². The highest BCUT2D eigenvalue weighted by atomic mass is 127. The predicted molar refractivity (Wildman–Crippen MR) is 48.5 cm³/mol. The van der Waals surface area contributed by atoms with E-state index in [1.165, 1.54) is 13.2 Å². The quantitative estimate of drug-likeness (QED) is 0.744. The molecule has 0 saturated heterocycles. The molecule has 0 aromatic carbocycles. The number of halogens is 4. The maximum atomic E-state index is 12.2. The van der Waals surface area contributed by atoms with Crippen LogP contribution in [0.5, 0.6) is 5.75 Å². The molecule has 0 saturated carbocycles. The normalized spacial score (nSPS) is 11.5. The SMILES string of the molecule is COc1ccnc(C(F)(F)F)c1I. The smallest absolute Gasteiger partial charge is 0.434 e. The minimum Gasteiger partial charge on any atom is -0.496 e. The first kappa shape index (κ1) is 10.6. The number of ether oxygens (including phenoxy) is 1. The maximum Gasteiger partial charge on any atom is 0.434 e. The van der Waals surface area contributed by atoms with Gasteiger partial charge in [-0.25, -0.2) is 0 Å². The lowest BCUT2D eigenvalue weighted by atomic mass is 10.3. The molecule has 0 aliphatic rings. The first-order chi connectivity index (χ1) is 5.96. The Balaban J connectivity index is 3.24. The van der Waals surface area contributed by atoms with Crippen LogP contribution in [-0.4, -0.2) is 12.1 Å². The maximum absolute atomic E-state index is 12.2. The van der Waals surface area contributed by atoms with Crippen molar-refractivity contribution >= 4 is 22.6 Å². The molecular weight excluding hydrogens is 298 g/mol. The van der Waals surface area contributed by atoms with Crippen LogP contribution < -0.4 is 4.74 Å². The third-order valence-corrected chi connectivity index (χ3v) is 2.38. The van der Waals surface area contributed by atoms with Crippen LogP contribution in [0.25, 0.3) is 0 Å². The third-order valence-electron chi connectivity index (χ3n) is 1.34. The summed E-state index contributed by atoms with van der Waals surface area (Å²) in [6.07, 6.45) is -3.35. The summed E-state index contributed by atoms with van der Waals surface area (Å²) in [5, 5.41) is 0. The van der Waals surface area contributed by atoms with Crippen molar-refractivity contribution in [2.75, 3.05) is 7.11 Å². The molecule has 1 heterocycles. The second kappa shape index (κ2) is 3.69. The average Bonchev–Trinajstić information content (AvgIpc) is 2.02. The third kappa shape index (κ3) is 2.23. The number of hydrogen-bond acceptors (Lipinski definition) is 2. The number of rotatable bonds is 1. The molecule has 0 unspecified atom stereocenters. The molecule has 1 aromatic rings. The summed E-state index contributed by atoms with van der Waals surface area (Å²) in [5.41, 5.74) is -0.910. The number of alkyl halides is 3. The van der Waals surface area contributed by atoms with Crippen LogP contribution in [0.15, 0.2) is 12.3 Å². The predicted octanol–water partition coefficient (Wildman–Crippen LogP) is 2.71. The van der Waals surface area contributed by atoms with Crippen molar-refractivity contribution < 1.29 is 17.9 Å². The number of nitrogens with zero attached hydrogens (tertiary/aromatic N) is 1. The van der Waals surface area contributed by atoms with Gasteiger partial charge in [0.05, 0.1) is 10.7 Å². The fourth-order valence-corrected chi connectivity index (χ4v) is 1.63. The number of pyridine rings is 1. The van der Waals surface area contributed by atoms with E-state index < -0.39 is 11.9 Å². The summed E-state index contributed by atoms with van der Waals surface area (Å²) < 4.78 is 41.4. The minimum atomic E-state index is -4.43. The summed E-state index contributed by atoms with van der Waals surface area (Å²) in [4.78, 5) is 3.25. The molecule has 6 heteroatoms. The molecule has 2 nitrogen and oxygen atoms in total. The zero-order valence-corrected chi connectivity index (χ0v) is 8.68. The molecule has 1 rings (SSSR count). The molecule has 0 radical (unpaired) electrons. The molecule has 1 aromatic heterocycles. The minimum absolute atomic E-state index is 0.0184. The van der Waals surface area contributed by atoms with Gasteiger partial charge >= 0.3 is 6.18 Å². The number of aromatic nitrogens is 1. The lowest BCUT2D eigenvalue weighted by molar-refractivity contribution is -0.142. The Labute approximate surface area is 86.3 Å².